The fraction of sp³-hybridized carbons (Fsp3) is 0.143. The van der Waals surface area contributed by atoms with Gasteiger partial charge in [-0.2, -0.15) is 0 Å². The predicted molar refractivity (Wildman–Crippen MR) is 67.7 cm³/mol. The summed E-state index contributed by atoms with van der Waals surface area (Å²) in [4.78, 5) is 15.5. The highest BCUT2D eigenvalue weighted by molar-refractivity contribution is 6.11. The summed E-state index contributed by atoms with van der Waals surface area (Å²) in [7, 11) is 0. The summed E-state index contributed by atoms with van der Waals surface area (Å²) in [6, 6.07) is 9.64. The Kier molecular flexibility index (Phi) is 2.30. The van der Waals surface area contributed by atoms with Gasteiger partial charge < -0.3 is 9.51 Å². The summed E-state index contributed by atoms with van der Waals surface area (Å²) >= 11 is 0. The number of hydrogen-bond acceptors (Lipinski definition) is 3. The molecule has 0 aliphatic rings. The largest absolute Gasteiger partial charge is 0.361 e. The molecule has 0 unspecified atom stereocenters. The van der Waals surface area contributed by atoms with Crippen LogP contribution in [-0.2, 0) is 0 Å². The van der Waals surface area contributed by atoms with Crippen LogP contribution in [0, 0.1) is 13.8 Å². The lowest BCUT2D eigenvalue weighted by Crippen LogP contribution is -2.03. The molecule has 0 radical (unpaired) electrons. The van der Waals surface area contributed by atoms with E-state index in [4.69, 9.17) is 4.52 Å². The van der Waals surface area contributed by atoms with Crippen LogP contribution in [0.5, 0.6) is 0 Å². The van der Waals surface area contributed by atoms with E-state index in [0.717, 1.165) is 10.9 Å². The van der Waals surface area contributed by atoms with Crippen molar-refractivity contribution >= 4 is 16.7 Å². The molecule has 0 saturated carbocycles. The molecule has 0 aliphatic heterocycles. The molecule has 0 spiro atoms. The summed E-state index contributed by atoms with van der Waals surface area (Å²) in [5.74, 6) is 0.471. The van der Waals surface area contributed by atoms with Crippen molar-refractivity contribution in [2.75, 3.05) is 0 Å². The normalized spacial score (nSPS) is 11.0. The number of aromatic nitrogens is 2. The molecule has 2 aromatic heterocycles. The first kappa shape index (κ1) is 10.8. The minimum absolute atomic E-state index is 0.0811. The minimum Gasteiger partial charge on any atom is -0.361 e. The Hall–Kier alpha value is -2.36. The molecule has 18 heavy (non-hydrogen) atoms. The number of para-hydroxylation sites is 1. The number of H-pyrrole nitrogens is 1. The van der Waals surface area contributed by atoms with Gasteiger partial charge in [0.25, 0.3) is 0 Å². The van der Waals surface area contributed by atoms with Gasteiger partial charge >= 0.3 is 0 Å². The van der Waals surface area contributed by atoms with Gasteiger partial charge in [0.05, 0.1) is 17.0 Å². The number of carbonyl (C=O) groups excluding carboxylic acids is 1. The number of rotatable bonds is 2. The second kappa shape index (κ2) is 3.84. The quantitative estimate of drug-likeness (QED) is 0.700. The Labute approximate surface area is 104 Å². The first-order valence-electron chi connectivity index (χ1n) is 5.72. The molecule has 0 aliphatic carbocycles. The molecular formula is C14H12N2O2. The predicted octanol–water partition coefficient (Wildman–Crippen LogP) is 3.00. The van der Waals surface area contributed by atoms with Gasteiger partial charge in [-0.3, -0.25) is 4.79 Å². The van der Waals surface area contributed by atoms with E-state index < -0.39 is 0 Å². The third-order valence-electron chi connectivity index (χ3n) is 3.04. The van der Waals surface area contributed by atoms with Gasteiger partial charge in [-0.1, -0.05) is 23.4 Å². The number of aromatic amines is 1. The maximum Gasteiger partial charge on any atom is 0.214 e. The number of carbonyl (C=O) groups is 1. The molecule has 0 fully saturated rings. The summed E-state index contributed by atoms with van der Waals surface area (Å²) in [5.41, 5.74) is 2.68. The van der Waals surface area contributed by atoms with Crippen LogP contribution in [0.4, 0.5) is 0 Å². The first-order chi connectivity index (χ1) is 8.66. The molecule has 2 heterocycles. The molecule has 3 rings (SSSR count). The van der Waals surface area contributed by atoms with Crippen molar-refractivity contribution in [1.29, 1.82) is 0 Å². The molecule has 4 heteroatoms. The zero-order valence-electron chi connectivity index (χ0n) is 10.2. The fourth-order valence-electron chi connectivity index (χ4n) is 2.14. The highest BCUT2D eigenvalue weighted by Crippen LogP contribution is 2.20. The van der Waals surface area contributed by atoms with Crippen LogP contribution in [0.1, 0.15) is 27.5 Å². The third kappa shape index (κ3) is 1.54. The average molecular weight is 240 g/mol. The van der Waals surface area contributed by atoms with E-state index in [1.807, 2.05) is 30.3 Å². The van der Waals surface area contributed by atoms with Crippen molar-refractivity contribution < 1.29 is 9.32 Å². The second-order valence-corrected chi connectivity index (χ2v) is 4.30. The van der Waals surface area contributed by atoms with E-state index in [9.17, 15) is 4.79 Å². The van der Waals surface area contributed by atoms with Crippen molar-refractivity contribution in [3.05, 3.63) is 53.0 Å². The van der Waals surface area contributed by atoms with Crippen LogP contribution in [0.3, 0.4) is 0 Å². The van der Waals surface area contributed by atoms with Crippen LogP contribution >= 0.6 is 0 Å². The molecule has 4 nitrogen and oxygen atoms in total. The van der Waals surface area contributed by atoms with Crippen LogP contribution in [0.2, 0.25) is 0 Å². The number of nitrogens with one attached hydrogen (secondary N) is 1. The zero-order chi connectivity index (χ0) is 12.7. The van der Waals surface area contributed by atoms with E-state index in [1.165, 1.54) is 0 Å². The smallest absolute Gasteiger partial charge is 0.214 e. The standard InChI is InChI=1S/C14H12N2O2/c1-8-13(9(2)18-16-8)14(17)12-7-10-5-3-4-6-11(10)15-12/h3-7,15H,1-2H3. The van der Waals surface area contributed by atoms with Crippen LogP contribution < -0.4 is 0 Å². The zero-order valence-corrected chi connectivity index (χ0v) is 10.2. The van der Waals surface area contributed by atoms with Gasteiger partial charge in [-0.05, 0) is 26.0 Å². The van der Waals surface area contributed by atoms with Crippen molar-refractivity contribution in [1.82, 2.24) is 10.1 Å². The molecule has 1 aromatic carbocycles. The summed E-state index contributed by atoms with van der Waals surface area (Å²) in [5, 5.41) is 4.83. The number of benzene rings is 1. The number of nitrogens with zero attached hydrogens (tertiary/aromatic N) is 1. The molecular weight excluding hydrogens is 228 g/mol. The van der Waals surface area contributed by atoms with E-state index in [-0.39, 0.29) is 5.78 Å². The van der Waals surface area contributed by atoms with Crippen molar-refractivity contribution in [3.63, 3.8) is 0 Å². The summed E-state index contributed by atoms with van der Waals surface area (Å²) in [6.45, 7) is 3.52. The van der Waals surface area contributed by atoms with Gasteiger partial charge in [0.1, 0.15) is 5.76 Å². The van der Waals surface area contributed by atoms with Gasteiger partial charge in [-0.15, -0.1) is 0 Å². The monoisotopic (exact) mass is 240 g/mol. The topological polar surface area (TPSA) is 58.9 Å². The Balaban J connectivity index is 2.12. The van der Waals surface area contributed by atoms with E-state index >= 15 is 0 Å². The Morgan fingerprint density at radius 1 is 1.28 bits per heavy atom. The molecule has 0 amide bonds. The van der Waals surface area contributed by atoms with Gasteiger partial charge in [0, 0.05) is 10.9 Å². The Bertz CT molecular complexity index is 685. The lowest BCUT2D eigenvalue weighted by molar-refractivity contribution is 0.103. The average Bonchev–Trinajstić information content (AvgIpc) is 2.92. The second-order valence-electron chi connectivity index (χ2n) is 4.30. The van der Waals surface area contributed by atoms with Gasteiger partial charge in [0.15, 0.2) is 0 Å². The Morgan fingerprint density at radius 2 is 2.06 bits per heavy atom. The van der Waals surface area contributed by atoms with Gasteiger partial charge in [0.2, 0.25) is 5.78 Å². The summed E-state index contributed by atoms with van der Waals surface area (Å²) < 4.78 is 5.03. The highest BCUT2D eigenvalue weighted by Gasteiger charge is 2.20. The maximum absolute atomic E-state index is 12.4. The molecule has 3 aromatic rings. The van der Waals surface area contributed by atoms with E-state index in [0.29, 0.717) is 22.7 Å². The van der Waals surface area contributed by atoms with Crippen LogP contribution in [0.15, 0.2) is 34.9 Å². The van der Waals surface area contributed by atoms with Gasteiger partial charge in [-0.25, -0.2) is 0 Å². The molecule has 90 valence electrons. The van der Waals surface area contributed by atoms with Crippen molar-refractivity contribution in [2.45, 2.75) is 13.8 Å². The summed E-state index contributed by atoms with van der Waals surface area (Å²) in [6.07, 6.45) is 0. The molecule has 0 atom stereocenters. The number of fused-ring (bicyclic) bond motifs is 1. The van der Waals surface area contributed by atoms with E-state index in [2.05, 4.69) is 10.1 Å². The number of hydrogen-bond donors (Lipinski definition) is 1. The van der Waals surface area contributed by atoms with Crippen molar-refractivity contribution in [2.24, 2.45) is 0 Å². The molecule has 0 bridgehead atoms. The minimum atomic E-state index is -0.0811. The van der Waals surface area contributed by atoms with E-state index in [1.54, 1.807) is 13.8 Å². The lowest BCUT2D eigenvalue weighted by atomic mass is 10.1. The SMILES string of the molecule is Cc1noc(C)c1C(=O)c1cc2ccccc2[nH]1. The Morgan fingerprint density at radius 3 is 2.72 bits per heavy atom. The third-order valence-corrected chi connectivity index (χ3v) is 3.04. The number of ketones is 1. The first-order valence-corrected chi connectivity index (χ1v) is 5.72. The molecule has 1 N–H and O–H groups in total. The maximum atomic E-state index is 12.4. The molecule has 0 saturated heterocycles. The lowest BCUT2D eigenvalue weighted by Gasteiger charge is -1.95. The highest BCUT2D eigenvalue weighted by atomic mass is 16.5. The number of aryl methyl sites for hydroxylation is 2. The van der Waals surface area contributed by atoms with Crippen LogP contribution in [0.25, 0.3) is 10.9 Å². The fourth-order valence-corrected chi connectivity index (χ4v) is 2.14. The van der Waals surface area contributed by atoms with Crippen LogP contribution in [-0.4, -0.2) is 15.9 Å². The van der Waals surface area contributed by atoms with Crippen molar-refractivity contribution in [3.8, 4) is 0 Å².